The Labute approximate surface area is 188 Å². The van der Waals surface area contributed by atoms with Gasteiger partial charge < -0.3 is 10.6 Å². The first kappa shape index (κ1) is 21.6. The molecule has 32 heavy (non-hydrogen) atoms. The smallest absolute Gasteiger partial charge is 0.252 e. The zero-order valence-corrected chi connectivity index (χ0v) is 18.3. The Morgan fingerprint density at radius 1 is 1.31 bits per heavy atom. The number of amides is 1. The number of carbonyl (C=O) groups excluding carboxylic acids is 1. The number of anilines is 2. The molecule has 1 aromatic carbocycles. The molecule has 1 saturated carbocycles. The van der Waals surface area contributed by atoms with Gasteiger partial charge in [-0.25, -0.2) is 9.97 Å². The quantitative estimate of drug-likeness (QED) is 0.583. The molecule has 4 rings (SSSR count). The third kappa shape index (κ3) is 4.64. The van der Waals surface area contributed by atoms with Crippen LogP contribution in [0.1, 0.15) is 48.7 Å². The standard InChI is InChI=1S/C23H24BN7O/c1-14-11-26-22(29-18-12-27-31(13-18)19-8-23(3,24)9-19)30-20(14)16-4-6-17(7-5-16)21(32)28-15(2)10-25/h4-7,11-13,15,19H,8-9H2,1-3H3,(H,28,32)(H,26,29,30)/t15-,19?,23?/m0/s1. The molecule has 0 saturated heterocycles. The fourth-order valence-electron chi connectivity index (χ4n) is 3.82. The molecule has 2 radical (unpaired) electrons. The van der Waals surface area contributed by atoms with Gasteiger partial charge in [-0.15, -0.1) is 0 Å². The van der Waals surface area contributed by atoms with Crippen molar-refractivity contribution >= 4 is 25.4 Å². The van der Waals surface area contributed by atoms with Crippen LogP contribution in [-0.4, -0.2) is 39.5 Å². The van der Waals surface area contributed by atoms with Crippen molar-refractivity contribution in [3.8, 4) is 17.3 Å². The number of carbonyl (C=O) groups is 1. The summed E-state index contributed by atoms with van der Waals surface area (Å²) < 4.78 is 1.93. The number of nitrogens with one attached hydrogen (secondary N) is 2. The molecule has 2 aromatic heterocycles. The molecule has 1 aliphatic carbocycles. The summed E-state index contributed by atoms with van der Waals surface area (Å²) in [6.07, 6.45) is 7.27. The second kappa shape index (κ2) is 8.46. The van der Waals surface area contributed by atoms with E-state index < -0.39 is 6.04 Å². The first-order valence-electron chi connectivity index (χ1n) is 10.5. The van der Waals surface area contributed by atoms with E-state index in [1.54, 1.807) is 31.5 Å². The second-order valence-electron chi connectivity index (χ2n) is 8.68. The van der Waals surface area contributed by atoms with E-state index in [0.29, 0.717) is 17.6 Å². The van der Waals surface area contributed by atoms with Crippen molar-refractivity contribution in [2.24, 2.45) is 0 Å². The van der Waals surface area contributed by atoms with Crippen LogP contribution in [0.3, 0.4) is 0 Å². The lowest BCUT2D eigenvalue weighted by Gasteiger charge is -2.43. The van der Waals surface area contributed by atoms with Crippen LogP contribution in [0.4, 0.5) is 11.6 Å². The molecule has 2 heterocycles. The number of hydrogen-bond donors (Lipinski definition) is 2. The maximum atomic E-state index is 12.2. The third-order valence-corrected chi connectivity index (χ3v) is 5.57. The van der Waals surface area contributed by atoms with Crippen LogP contribution in [0.2, 0.25) is 5.31 Å². The highest BCUT2D eigenvalue weighted by molar-refractivity contribution is 6.15. The average Bonchev–Trinajstić information content (AvgIpc) is 3.21. The lowest BCUT2D eigenvalue weighted by Crippen LogP contribution is -2.31. The Morgan fingerprint density at radius 3 is 2.69 bits per heavy atom. The van der Waals surface area contributed by atoms with E-state index in [0.717, 1.165) is 35.3 Å². The van der Waals surface area contributed by atoms with Crippen molar-refractivity contribution < 1.29 is 4.79 Å². The van der Waals surface area contributed by atoms with E-state index in [2.05, 4.69) is 32.6 Å². The van der Waals surface area contributed by atoms with Gasteiger partial charge in [0, 0.05) is 23.5 Å². The molecule has 0 aliphatic heterocycles. The van der Waals surface area contributed by atoms with Crippen LogP contribution < -0.4 is 10.6 Å². The minimum Gasteiger partial charge on any atom is -0.337 e. The molecule has 0 unspecified atom stereocenters. The molecule has 1 fully saturated rings. The van der Waals surface area contributed by atoms with Crippen molar-refractivity contribution in [1.29, 1.82) is 5.26 Å². The van der Waals surface area contributed by atoms with E-state index in [-0.39, 0.29) is 11.2 Å². The summed E-state index contributed by atoms with van der Waals surface area (Å²) in [5.74, 6) is 0.179. The molecule has 1 amide bonds. The summed E-state index contributed by atoms with van der Waals surface area (Å²) in [4.78, 5) is 21.2. The summed E-state index contributed by atoms with van der Waals surface area (Å²) in [7, 11) is 6.11. The van der Waals surface area contributed by atoms with Crippen LogP contribution in [0.15, 0.2) is 42.9 Å². The van der Waals surface area contributed by atoms with Gasteiger partial charge >= 0.3 is 0 Å². The zero-order valence-electron chi connectivity index (χ0n) is 18.3. The number of hydrogen-bond acceptors (Lipinski definition) is 6. The van der Waals surface area contributed by atoms with E-state index in [9.17, 15) is 4.79 Å². The van der Waals surface area contributed by atoms with Gasteiger partial charge in [0.05, 0.1) is 37.5 Å². The van der Waals surface area contributed by atoms with Crippen molar-refractivity contribution in [1.82, 2.24) is 25.1 Å². The Kier molecular flexibility index (Phi) is 5.70. The van der Waals surface area contributed by atoms with Crippen LogP contribution in [-0.2, 0) is 0 Å². The van der Waals surface area contributed by atoms with Gasteiger partial charge in [-0.3, -0.25) is 9.48 Å². The third-order valence-electron chi connectivity index (χ3n) is 5.57. The normalized spacial score (nSPS) is 20.6. The van der Waals surface area contributed by atoms with Gasteiger partial charge in [0.15, 0.2) is 0 Å². The molecule has 0 bridgehead atoms. The van der Waals surface area contributed by atoms with Crippen LogP contribution in [0.5, 0.6) is 0 Å². The average molecular weight is 425 g/mol. The predicted molar refractivity (Wildman–Crippen MR) is 123 cm³/mol. The fourth-order valence-corrected chi connectivity index (χ4v) is 3.82. The fraction of sp³-hybridized carbons (Fsp3) is 0.348. The van der Waals surface area contributed by atoms with Crippen LogP contribution in [0, 0.1) is 18.3 Å². The molecule has 1 aliphatic rings. The number of nitriles is 1. The monoisotopic (exact) mass is 425 g/mol. The molecule has 1 atom stereocenters. The van der Waals surface area contributed by atoms with Gasteiger partial charge in [-0.1, -0.05) is 24.4 Å². The maximum Gasteiger partial charge on any atom is 0.252 e. The van der Waals surface area contributed by atoms with Crippen molar-refractivity contribution in [2.75, 3.05) is 5.32 Å². The first-order valence-corrected chi connectivity index (χ1v) is 10.5. The lowest BCUT2D eigenvalue weighted by molar-refractivity contribution is 0.0948. The van der Waals surface area contributed by atoms with Crippen molar-refractivity contribution in [3.05, 3.63) is 54.0 Å². The highest BCUT2D eigenvalue weighted by Crippen LogP contribution is 2.51. The topological polar surface area (TPSA) is 109 Å². The largest absolute Gasteiger partial charge is 0.337 e. The summed E-state index contributed by atoms with van der Waals surface area (Å²) in [6, 6.07) is 8.87. The van der Waals surface area contributed by atoms with E-state index in [1.165, 1.54) is 0 Å². The molecular weight excluding hydrogens is 401 g/mol. The highest BCUT2D eigenvalue weighted by atomic mass is 16.1. The lowest BCUT2D eigenvalue weighted by atomic mass is 9.54. The van der Waals surface area contributed by atoms with E-state index in [1.807, 2.05) is 36.0 Å². The summed E-state index contributed by atoms with van der Waals surface area (Å²) in [6.45, 7) is 5.63. The van der Waals surface area contributed by atoms with Gasteiger partial charge in [-0.05, 0) is 44.4 Å². The van der Waals surface area contributed by atoms with Gasteiger partial charge in [0.25, 0.3) is 5.91 Å². The number of aryl methyl sites for hydroxylation is 1. The van der Waals surface area contributed by atoms with Crippen molar-refractivity contribution in [2.45, 2.75) is 51.0 Å². The van der Waals surface area contributed by atoms with Crippen LogP contribution in [0.25, 0.3) is 11.3 Å². The van der Waals surface area contributed by atoms with E-state index in [4.69, 9.17) is 13.1 Å². The summed E-state index contributed by atoms with van der Waals surface area (Å²) >= 11 is 0. The molecule has 9 heteroatoms. The number of rotatable bonds is 6. The predicted octanol–water partition coefficient (Wildman–Crippen LogP) is 3.72. The molecule has 3 aromatic rings. The van der Waals surface area contributed by atoms with Crippen LogP contribution >= 0.6 is 0 Å². The molecule has 2 N–H and O–H groups in total. The SMILES string of the molecule is [B]C1(C)CC(n2cc(Nc3ncc(C)c(-c4ccc(C(=O)N[C@@H](C)C#N)cc4)n3)cn2)C1. The van der Waals surface area contributed by atoms with Gasteiger partial charge in [0.2, 0.25) is 5.95 Å². The minimum atomic E-state index is -0.548. The molecule has 0 spiro atoms. The van der Waals surface area contributed by atoms with Gasteiger partial charge in [0.1, 0.15) is 6.04 Å². The number of aromatic nitrogens is 4. The highest BCUT2D eigenvalue weighted by Gasteiger charge is 2.37. The van der Waals surface area contributed by atoms with E-state index >= 15 is 0 Å². The minimum absolute atomic E-state index is 0.108. The first-order chi connectivity index (χ1) is 15.2. The number of nitrogens with zero attached hydrogens (tertiary/aromatic N) is 5. The molecule has 8 nitrogen and oxygen atoms in total. The molecule has 160 valence electrons. The summed E-state index contributed by atoms with van der Waals surface area (Å²) in [5, 5.41) is 19.0. The Balaban J connectivity index is 1.48. The Hall–Kier alpha value is -3.67. The molecular formula is C23H24BN7O. The van der Waals surface area contributed by atoms with Crippen molar-refractivity contribution in [3.63, 3.8) is 0 Å². The number of benzene rings is 1. The summed E-state index contributed by atoms with van der Waals surface area (Å²) in [5.41, 5.74) is 3.84. The second-order valence-corrected chi connectivity index (χ2v) is 8.68. The Bertz CT molecular complexity index is 1170. The van der Waals surface area contributed by atoms with Gasteiger partial charge in [-0.2, -0.15) is 10.4 Å². The maximum absolute atomic E-state index is 12.2. The Morgan fingerprint density at radius 2 is 2.03 bits per heavy atom. The zero-order chi connectivity index (χ0) is 22.9.